The molecule has 1 atom stereocenters. The van der Waals surface area contributed by atoms with Gasteiger partial charge in [-0.25, -0.2) is 23.1 Å². The summed E-state index contributed by atoms with van der Waals surface area (Å²) in [6.07, 6.45) is 1.44. The zero-order chi connectivity index (χ0) is 23.7. The number of ether oxygens (including phenoxy) is 1. The first kappa shape index (κ1) is 23.1. The van der Waals surface area contributed by atoms with Gasteiger partial charge in [-0.05, 0) is 42.0 Å². The molecule has 0 aliphatic carbocycles. The largest absolute Gasteiger partial charge is 0.497 e. The number of rotatable bonds is 7. The van der Waals surface area contributed by atoms with Crippen LogP contribution in [0.2, 0.25) is 5.02 Å². The van der Waals surface area contributed by atoms with Crippen LogP contribution in [0.1, 0.15) is 24.1 Å². The van der Waals surface area contributed by atoms with Crippen LogP contribution in [0.15, 0.2) is 53.6 Å². The van der Waals surface area contributed by atoms with Crippen LogP contribution in [-0.4, -0.2) is 39.2 Å². The first-order valence-electron chi connectivity index (χ1n) is 10.2. The summed E-state index contributed by atoms with van der Waals surface area (Å²) in [5.74, 6) is 0.213. The lowest BCUT2D eigenvalue weighted by atomic mass is 10.1. The Morgan fingerprint density at radius 3 is 2.61 bits per heavy atom. The molecule has 0 fully saturated rings. The molecule has 2 heterocycles. The Morgan fingerprint density at radius 1 is 1.21 bits per heavy atom. The van der Waals surface area contributed by atoms with Gasteiger partial charge >= 0.3 is 5.69 Å². The van der Waals surface area contributed by atoms with E-state index in [1.807, 2.05) is 38.2 Å². The van der Waals surface area contributed by atoms with Crippen molar-refractivity contribution in [1.29, 1.82) is 0 Å². The lowest BCUT2D eigenvalue weighted by Gasteiger charge is -2.23. The lowest BCUT2D eigenvalue weighted by Crippen LogP contribution is -2.24. The molecule has 0 radical (unpaired) electrons. The Balaban J connectivity index is 1.66. The number of benzene rings is 2. The van der Waals surface area contributed by atoms with Crippen LogP contribution in [0, 0.1) is 5.82 Å². The lowest BCUT2D eigenvalue weighted by molar-refractivity contribution is 0.415. The second-order valence-corrected chi connectivity index (χ2v) is 8.65. The molecular weight excluding hydrogens is 465 g/mol. The summed E-state index contributed by atoms with van der Waals surface area (Å²) in [5, 5.41) is 0.0298. The van der Waals surface area contributed by atoms with Crippen LogP contribution < -0.4 is 15.3 Å². The van der Waals surface area contributed by atoms with Crippen molar-refractivity contribution in [3.63, 3.8) is 0 Å². The van der Waals surface area contributed by atoms with Crippen LogP contribution in [0.3, 0.4) is 0 Å². The highest BCUT2D eigenvalue weighted by Gasteiger charge is 2.22. The van der Waals surface area contributed by atoms with Crippen LogP contribution in [0.4, 0.5) is 10.1 Å². The molecule has 0 aliphatic rings. The fraction of sp³-hybridized carbons (Fsp3) is 0.261. The van der Waals surface area contributed by atoms with Crippen LogP contribution in [0.5, 0.6) is 5.75 Å². The molecular formula is C23H23ClFN5O2S. The molecule has 2 aromatic heterocycles. The molecule has 0 amide bonds. The predicted octanol–water partition coefficient (Wildman–Crippen LogP) is 4.38. The topological polar surface area (TPSA) is 65.2 Å². The maximum absolute atomic E-state index is 13.9. The van der Waals surface area contributed by atoms with Gasteiger partial charge in [0.05, 0.1) is 24.4 Å². The number of imidazole rings is 1. The Hall–Kier alpha value is -3.04. The monoisotopic (exact) mass is 487 g/mol. The molecule has 0 bridgehead atoms. The molecule has 0 spiro atoms. The summed E-state index contributed by atoms with van der Waals surface area (Å²) in [4.78, 5) is 23.9. The van der Waals surface area contributed by atoms with Gasteiger partial charge in [-0.1, -0.05) is 37.4 Å². The Kier molecular flexibility index (Phi) is 6.62. The van der Waals surface area contributed by atoms with E-state index >= 15 is 0 Å². The maximum atomic E-state index is 13.9. The van der Waals surface area contributed by atoms with Gasteiger partial charge in [0, 0.05) is 25.2 Å². The van der Waals surface area contributed by atoms with Gasteiger partial charge < -0.3 is 9.64 Å². The van der Waals surface area contributed by atoms with Crippen molar-refractivity contribution in [2.24, 2.45) is 0 Å². The first-order chi connectivity index (χ1) is 15.8. The van der Waals surface area contributed by atoms with Gasteiger partial charge in [0.15, 0.2) is 5.65 Å². The third kappa shape index (κ3) is 4.56. The predicted molar refractivity (Wildman–Crippen MR) is 131 cm³/mol. The van der Waals surface area contributed by atoms with E-state index in [1.165, 1.54) is 27.0 Å². The summed E-state index contributed by atoms with van der Waals surface area (Å²) >= 11 is 10.2. The maximum Gasteiger partial charge on any atom is 0.340 e. The quantitative estimate of drug-likeness (QED) is 0.392. The minimum atomic E-state index is -0.540. The van der Waals surface area contributed by atoms with E-state index in [-0.39, 0.29) is 23.2 Å². The smallest absolute Gasteiger partial charge is 0.340 e. The fourth-order valence-electron chi connectivity index (χ4n) is 3.85. The van der Waals surface area contributed by atoms with Crippen molar-refractivity contribution in [2.75, 3.05) is 25.6 Å². The summed E-state index contributed by atoms with van der Waals surface area (Å²) in [5.41, 5.74) is 2.92. The Bertz CT molecular complexity index is 1360. The number of fused-ring (bicyclic) bond motifs is 1. The molecule has 0 aliphatic heterocycles. The highest BCUT2D eigenvalue weighted by Crippen LogP contribution is 2.26. The molecule has 2 aromatic carbocycles. The number of hydrogen-bond acceptors (Lipinski definition) is 6. The number of nitrogens with zero attached hydrogens (tertiary/aromatic N) is 5. The van der Waals surface area contributed by atoms with Gasteiger partial charge in [0.1, 0.15) is 23.4 Å². The van der Waals surface area contributed by atoms with Gasteiger partial charge in [-0.15, -0.1) is 0 Å². The zero-order valence-electron chi connectivity index (χ0n) is 18.4. The Labute approximate surface area is 200 Å². The molecule has 10 heteroatoms. The number of likely N-dealkylation sites (N-methyl/N-ethyl adjacent to an activating group) is 1. The second-order valence-electron chi connectivity index (χ2n) is 7.84. The van der Waals surface area contributed by atoms with Crippen molar-refractivity contribution < 1.29 is 9.13 Å². The van der Waals surface area contributed by atoms with Gasteiger partial charge in [0.2, 0.25) is 0 Å². The van der Waals surface area contributed by atoms with Crippen molar-refractivity contribution >= 4 is 41.3 Å². The summed E-state index contributed by atoms with van der Waals surface area (Å²) < 4.78 is 21.8. The highest BCUT2D eigenvalue weighted by molar-refractivity contribution is 7.78. The number of methoxy groups -OCH3 is 1. The molecule has 1 unspecified atom stereocenters. The summed E-state index contributed by atoms with van der Waals surface area (Å²) in [6.45, 7) is 2.81. The van der Waals surface area contributed by atoms with Gasteiger partial charge in [0.25, 0.3) is 0 Å². The van der Waals surface area contributed by atoms with Crippen molar-refractivity contribution in [3.8, 4) is 5.75 Å². The van der Waals surface area contributed by atoms with E-state index in [0.29, 0.717) is 29.0 Å². The van der Waals surface area contributed by atoms with Gasteiger partial charge in [-0.2, -0.15) is 0 Å². The number of hydrogen-bond donors (Lipinski definition) is 1. The standard InChI is InChI=1S/C23H23ClFN5O2S/c1-14(11-28(2)16-5-7-17(32-3)8-6-16)20-21-22(27-13-26-20)29(23(31)30(21)33)12-15-4-9-18(24)19(25)10-15/h4-10,13-14,33H,11-12H2,1-3H3. The number of aromatic nitrogens is 4. The minimum Gasteiger partial charge on any atom is -0.497 e. The minimum absolute atomic E-state index is 0.0298. The molecule has 0 N–H and O–H groups in total. The highest BCUT2D eigenvalue weighted by atomic mass is 35.5. The molecule has 4 rings (SSSR count). The zero-order valence-corrected chi connectivity index (χ0v) is 20.0. The van der Waals surface area contributed by atoms with Crippen LogP contribution >= 0.6 is 24.4 Å². The normalized spacial score (nSPS) is 12.2. The molecule has 0 saturated carbocycles. The number of anilines is 1. The van der Waals surface area contributed by atoms with E-state index in [9.17, 15) is 9.18 Å². The average molecular weight is 488 g/mol. The van der Waals surface area contributed by atoms with E-state index < -0.39 is 5.82 Å². The number of halogens is 2. The molecule has 33 heavy (non-hydrogen) atoms. The molecule has 172 valence electrons. The van der Waals surface area contributed by atoms with Gasteiger partial charge in [-0.3, -0.25) is 4.57 Å². The number of thiol groups is 1. The van der Waals surface area contributed by atoms with E-state index in [2.05, 4.69) is 27.7 Å². The first-order valence-corrected chi connectivity index (χ1v) is 11.0. The van der Waals surface area contributed by atoms with E-state index in [0.717, 1.165) is 11.4 Å². The average Bonchev–Trinajstić information content (AvgIpc) is 3.06. The fourth-order valence-corrected chi connectivity index (χ4v) is 4.26. The molecule has 4 aromatic rings. The van der Waals surface area contributed by atoms with E-state index in [4.69, 9.17) is 16.3 Å². The summed E-state index contributed by atoms with van der Waals surface area (Å²) in [7, 11) is 3.62. The summed E-state index contributed by atoms with van der Waals surface area (Å²) in [6, 6.07) is 12.2. The van der Waals surface area contributed by atoms with Crippen molar-refractivity contribution in [3.05, 3.63) is 81.4 Å². The molecule has 7 nitrogen and oxygen atoms in total. The van der Waals surface area contributed by atoms with E-state index in [1.54, 1.807) is 13.2 Å². The van der Waals surface area contributed by atoms with Crippen molar-refractivity contribution in [1.82, 2.24) is 18.5 Å². The Morgan fingerprint density at radius 2 is 1.94 bits per heavy atom. The van der Waals surface area contributed by atoms with Crippen LogP contribution in [-0.2, 0) is 6.54 Å². The second kappa shape index (κ2) is 9.44. The molecule has 0 saturated heterocycles. The SMILES string of the molecule is COc1ccc(N(C)CC(C)c2ncnc3c2n(S)c(=O)n3Cc2ccc(Cl)c(F)c2)cc1. The third-order valence-corrected chi connectivity index (χ3v) is 6.24. The van der Waals surface area contributed by atoms with Crippen molar-refractivity contribution in [2.45, 2.75) is 19.4 Å². The third-order valence-electron chi connectivity index (χ3n) is 5.56. The van der Waals surface area contributed by atoms with Crippen LogP contribution in [0.25, 0.3) is 11.2 Å².